The van der Waals surface area contributed by atoms with Crippen molar-refractivity contribution in [2.75, 3.05) is 43.3 Å². The summed E-state index contributed by atoms with van der Waals surface area (Å²) in [6.45, 7) is 3.28. The SMILES string of the molecule is CN(c1cc(N2C3CCC2COC3)nc2[nH]ncc12)C1CCCOC1. The van der Waals surface area contributed by atoms with Gasteiger partial charge in [-0.1, -0.05) is 0 Å². The van der Waals surface area contributed by atoms with Crippen LogP contribution in [0, 0.1) is 0 Å². The van der Waals surface area contributed by atoms with Crippen LogP contribution in [0.4, 0.5) is 11.5 Å². The van der Waals surface area contributed by atoms with Crippen molar-refractivity contribution in [3.8, 4) is 0 Å². The van der Waals surface area contributed by atoms with Crippen LogP contribution in [0.15, 0.2) is 12.3 Å². The van der Waals surface area contributed by atoms with Crippen LogP contribution >= 0.6 is 0 Å². The zero-order valence-corrected chi connectivity index (χ0v) is 14.6. The number of aromatic amines is 1. The molecule has 3 fully saturated rings. The number of morpholine rings is 1. The predicted octanol–water partition coefficient (Wildman–Crippen LogP) is 1.94. The molecule has 134 valence electrons. The molecule has 5 heterocycles. The Hall–Kier alpha value is -1.86. The molecule has 5 rings (SSSR count). The topological polar surface area (TPSA) is 66.5 Å². The maximum atomic E-state index is 5.74. The molecule has 0 aliphatic carbocycles. The highest BCUT2D eigenvalue weighted by Gasteiger charge is 2.38. The van der Waals surface area contributed by atoms with Gasteiger partial charge < -0.3 is 19.3 Å². The predicted molar refractivity (Wildman–Crippen MR) is 96.2 cm³/mol. The van der Waals surface area contributed by atoms with Gasteiger partial charge in [-0.15, -0.1) is 0 Å². The molecule has 2 aromatic rings. The Bertz CT molecular complexity index is 741. The number of nitrogens with zero attached hydrogens (tertiary/aromatic N) is 4. The molecule has 3 atom stereocenters. The Balaban J connectivity index is 1.55. The van der Waals surface area contributed by atoms with Crippen LogP contribution in [0.25, 0.3) is 11.0 Å². The van der Waals surface area contributed by atoms with Crippen molar-refractivity contribution >= 4 is 22.5 Å². The summed E-state index contributed by atoms with van der Waals surface area (Å²) in [5, 5.41) is 8.39. The third kappa shape index (κ3) is 2.57. The molecule has 3 aliphatic rings. The van der Waals surface area contributed by atoms with Crippen LogP contribution in [0.3, 0.4) is 0 Å². The average Bonchev–Trinajstić information content (AvgIpc) is 3.22. The number of pyridine rings is 1. The maximum Gasteiger partial charge on any atom is 0.159 e. The van der Waals surface area contributed by atoms with E-state index >= 15 is 0 Å². The first-order valence-corrected chi connectivity index (χ1v) is 9.32. The van der Waals surface area contributed by atoms with Gasteiger partial charge in [0.1, 0.15) is 5.82 Å². The second-order valence-corrected chi connectivity index (χ2v) is 7.44. The molecule has 25 heavy (non-hydrogen) atoms. The number of hydrogen-bond acceptors (Lipinski definition) is 6. The van der Waals surface area contributed by atoms with Crippen molar-refractivity contribution in [3.63, 3.8) is 0 Å². The first kappa shape index (κ1) is 15.4. The summed E-state index contributed by atoms with van der Waals surface area (Å²) >= 11 is 0. The second-order valence-electron chi connectivity index (χ2n) is 7.44. The third-order valence-electron chi connectivity index (χ3n) is 5.96. The smallest absolute Gasteiger partial charge is 0.159 e. The van der Waals surface area contributed by atoms with Crippen LogP contribution in [-0.4, -0.2) is 66.8 Å². The number of nitrogens with one attached hydrogen (secondary N) is 1. The van der Waals surface area contributed by atoms with E-state index in [9.17, 15) is 0 Å². The van der Waals surface area contributed by atoms with Gasteiger partial charge in [-0.25, -0.2) is 4.98 Å². The third-order valence-corrected chi connectivity index (χ3v) is 5.96. The standard InChI is InChI=1S/C18H25N5O2/c1-22(12-3-2-6-24-9-12)16-7-17(20-18-15(16)8-19-21-18)23-13-4-5-14(23)11-25-10-13/h7-8,12-14H,2-6,9-11H2,1H3,(H,19,20,21). The van der Waals surface area contributed by atoms with Gasteiger partial charge in [0.15, 0.2) is 5.65 Å². The number of H-pyrrole nitrogens is 1. The second kappa shape index (κ2) is 6.14. The Morgan fingerprint density at radius 1 is 1.16 bits per heavy atom. The molecule has 7 nitrogen and oxygen atoms in total. The van der Waals surface area contributed by atoms with E-state index in [1.54, 1.807) is 0 Å². The minimum atomic E-state index is 0.406. The van der Waals surface area contributed by atoms with Gasteiger partial charge in [-0.2, -0.15) is 5.10 Å². The van der Waals surface area contributed by atoms with Crippen molar-refractivity contribution in [3.05, 3.63) is 12.3 Å². The van der Waals surface area contributed by atoms with E-state index < -0.39 is 0 Å². The molecule has 0 radical (unpaired) electrons. The maximum absolute atomic E-state index is 5.74. The Morgan fingerprint density at radius 2 is 2.00 bits per heavy atom. The van der Waals surface area contributed by atoms with Crippen LogP contribution in [-0.2, 0) is 9.47 Å². The minimum absolute atomic E-state index is 0.406. The minimum Gasteiger partial charge on any atom is -0.379 e. The van der Waals surface area contributed by atoms with Crippen molar-refractivity contribution in [1.29, 1.82) is 0 Å². The zero-order valence-electron chi connectivity index (χ0n) is 14.6. The number of likely N-dealkylation sites (N-methyl/N-ethyl adjacent to an activating group) is 1. The molecule has 0 amide bonds. The molecule has 2 aromatic heterocycles. The molecular weight excluding hydrogens is 318 g/mol. The molecule has 1 N–H and O–H groups in total. The molecule has 3 saturated heterocycles. The number of aromatic nitrogens is 3. The molecule has 0 spiro atoms. The van der Waals surface area contributed by atoms with E-state index in [0.29, 0.717) is 18.1 Å². The molecule has 3 unspecified atom stereocenters. The van der Waals surface area contributed by atoms with E-state index in [1.165, 1.54) is 18.5 Å². The lowest BCUT2D eigenvalue weighted by Gasteiger charge is -2.37. The van der Waals surface area contributed by atoms with E-state index in [-0.39, 0.29) is 0 Å². The van der Waals surface area contributed by atoms with E-state index in [2.05, 4.69) is 33.1 Å². The van der Waals surface area contributed by atoms with E-state index in [4.69, 9.17) is 14.5 Å². The van der Waals surface area contributed by atoms with Gasteiger partial charge in [0.25, 0.3) is 0 Å². The van der Waals surface area contributed by atoms with Crippen molar-refractivity contribution < 1.29 is 9.47 Å². The molecular formula is C18H25N5O2. The average molecular weight is 343 g/mol. The monoisotopic (exact) mass is 343 g/mol. The summed E-state index contributed by atoms with van der Waals surface area (Å²) in [6.07, 6.45) is 6.55. The van der Waals surface area contributed by atoms with Crippen LogP contribution < -0.4 is 9.80 Å². The Labute approximate surface area is 147 Å². The molecule has 3 aliphatic heterocycles. The van der Waals surface area contributed by atoms with Crippen LogP contribution in [0.5, 0.6) is 0 Å². The first-order chi connectivity index (χ1) is 12.3. The molecule has 0 saturated carbocycles. The Morgan fingerprint density at radius 3 is 2.76 bits per heavy atom. The summed E-state index contributed by atoms with van der Waals surface area (Å²) in [4.78, 5) is 9.70. The van der Waals surface area contributed by atoms with Gasteiger partial charge in [0, 0.05) is 19.7 Å². The summed E-state index contributed by atoms with van der Waals surface area (Å²) in [5.74, 6) is 1.05. The normalized spacial score (nSPS) is 29.3. The number of ether oxygens (including phenoxy) is 2. The zero-order chi connectivity index (χ0) is 16.8. The first-order valence-electron chi connectivity index (χ1n) is 9.32. The van der Waals surface area contributed by atoms with Crippen LogP contribution in [0.1, 0.15) is 25.7 Å². The number of anilines is 2. The summed E-state index contributed by atoms with van der Waals surface area (Å²) in [7, 11) is 2.17. The van der Waals surface area contributed by atoms with Crippen molar-refractivity contribution in [1.82, 2.24) is 15.2 Å². The molecule has 2 bridgehead atoms. The molecule has 0 aromatic carbocycles. The highest BCUT2D eigenvalue weighted by molar-refractivity contribution is 5.91. The fourth-order valence-corrected chi connectivity index (χ4v) is 4.55. The van der Waals surface area contributed by atoms with E-state index in [1.807, 2.05) is 6.20 Å². The van der Waals surface area contributed by atoms with Gasteiger partial charge in [-0.3, -0.25) is 5.10 Å². The van der Waals surface area contributed by atoms with Crippen LogP contribution in [0.2, 0.25) is 0 Å². The quantitative estimate of drug-likeness (QED) is 0.919. The lowest BCUT2D eigenvalue weighted by molar-refractivity contribution is 0.0807. The number of hydrogen-bond donors (Lipinski definition) is 1. The molecule has 7 heteroatoms. The Kier molecular flexibility index (Phi) is 3.78. The van der Waals surface area contributed by atoms with Gasteiger partial charge in [-0.05, 0) is 25.7 Å². The highest BCUT2D eigenvalue weighted by Crippen LogP contribution is 2.37. The van der Waals surface area contributed by atoms with Gasteiger partial charge in [0.05, 0.1) is 55.2 Å². The van der Waals surface area contributed by atoms with Crippen molar-refractivity contribution in [2.45, 2.75) is 43.8 Å². The largest absolute Gasteiger partial charge is 0.379 e. The number of fused-ring (bicyclic) bond motifs is 3. The van der Waals surface area contributed by atoms with Gasteiger partial charge >= 0.3 is 0 Å². The lowest BCUT2D eigenvalue weighted by atomic mass is 10.1. The summed E-state index contributed by atoms with van der Waals surface area (Å²) in [5.41, 5.74) is 2.05. The van der Waals surface area contributed by atoms with Crippen molar-refractivity contribution in [2.24, 2.45) is 0 Å². The summed E-state index contributed by atoms with van der Waals surface area (Å²) < 4.78 is 11.4. The number of rotatable bonds is 3. The highest BCUT2D eigenvalue weighted by atomic mass is 16.5. The fourth-order valence-electron chi connectivity index (χ4n) is 4.55. The summed E-state index contributed by atoms with van der Waals surface area (Å²) in [6, 6.07) is 3.54. The fraction of sp³-hybridized carbons (Fsp3) is 0.667. The van der Waals surface area contributed by atoms with E-state index in [0.717, 1.165) is 56.1 Å². The lowest BCUT2D eigenvalue weighted by Crippen LogP contribution is -2.46. The van der Waals surface area contributed by atoms with Gasteiger partial charge in [0.2, 0.25) is 0 Å².